The SMILES string of the molecule is CCOc1ccccc1C(=O)O[C@@H](C)C(=O)Nc1ccc(S(=O)(=O)N2CCCC2)cc1. The molecule has 31 heavy (non-hydrogen) atoms. The van der Waals surface area contributed by atoms with Crippen LogP contribution in [-0.4, -0.2) is 50.4 Å². The lowest BCUT2D eigenvalue weighted by atomic mass is 10.2. The molecule has 9 heteroatoms. The fourth-order valence-electron chi connectivity index (χ4n) is 3.23. The van der Waals surface area contributed by atoms with Gasteiger partial charge in [-0.1, -0.05) is 12.1 Å². The van der Waals surface area contributed by atoms with E-state index in [0.717, 1.165) is 12.8 Å². The summed E-state index contributed by atoms with van der Waals surface area (Å²) in [4.78, 5) is 25.0. The number of amides is 1. The maximum Gasteiger partial charge on any atom is 0.342 e. The number of hydrogen-bond donors (Lipinski definition) is 1. The van der Waals surface area contributed by atoms with Gasteiger partial charge in [0.05, 0.1) is 11.5 Å². The smallest absolute Gasteiger partial charge is 0.342 e. The molecule has 1 atom stereocenters. The first-order valence-electron chi connectivity index (χ1n) is 10.2. The van der Waals surface area contributed by atoms with Gasteiger partial charge in [-0.25, -0.2) is 13.2 Å². The molecule has 1 saturated heterocycles. The van der Waals surface area contributed by atoms with Crippen LogP contribution in [0.2, 0.25) is 0 Å². The molecule has 1 amide bonds. The van der Waals surface area contributed by atoms with Crippen molar-refractivity contribution in [3.05, 3.63) is 54.1 Å². The van der Waals surface area contributed by atoms with Crippen molar-refractivity contribution in [1.82, 2.24) is 4.31 Å². The Hall–Kier alpha value is -2.91. The average molecular weight is 447 g/mol. The second-order valence-corrected chi connectivity index (χ2v) is 9.04. The van der Waals surface area contributed by atoms with E-state index in [9.17, 15) is 18.0 Å². The fraction of sp³-hybridized carbons (Fsp3) is 0.364. The molecule has 0 saturated carbocycles. The minimum atomic E-state index is -3.52. The molecule has 2 aromatic carbocycles. The van der Waals surface area contributed by atoms with Gasteiger partial charge in [0.2, 0.25) is 10.0 Å². The molecule has 166 valence electrons. The number of anilines is 1. The van der Waals surface area contributed by atoms with Crippen LogP contribution in [0.15, 0.2) is 53.4 Å². The van der Waals surface area contributed by atoms with Crippen LogP contribution in [0.4, 0.5) is 5.69 Å². The van der Waals surface area contributed by atoms with Gasteiger partial charge in [0.1, 0.15) is 11.3 Å². The van der Waals surface area contributed by atoms with Crippen molar-refractivity contribution < 1.29 is 27.5 Å². The van der Waals surface area contributed by atoms with Gasteiger partial charge in [-0.15, -0.1) is 0 Å². The fourth-order valence-corrected chi connectivity index (χ4v) is 4.74. The van der Waals surface area contributed by atoms with Crippen LogP contribution >= 0.6 is 0 Å². The Morgan fingerprint density at radius 3 is 2.35 bits per heavy atom. The Bertz CT molecular complexity index is 1030. The zero-order valence-electron chi connectivity index (χ0n) is 17.5. The molecule has 0 spiro atoms. The first-order chi connectivity index (χ1) is 14.8. The molecule has 1 aliphatic heterocycles. The summed E-state index contributed by atoms with van der Waals surface area (Å²) in [5, 5.41) is 2.63. The van der Waals surface area contributed by atoms with Gasteiger partial charge in [0.15, 0.2) is 6.10 Å². The number of nitrogens with one attached hydrogen (secondary N) is 1. The highest BCUT2D eigenvalue weighted by Gasteiger charge is 2.27. The van der Waals surface area contributed by atoms with E-state index in [4.69, 9.17) is 9.47 Å². The van der Waals surface area contributed by atoms with Crippen LogP contribution in [0.25, 0.3) is 0 Å². The summed E-state index contributed by atoms with van der Waals surface area (Å²) in [7, 11) is -3.52. The number of rotatable bonds is 8. The maximum absolute atomic E-state index is 12.6. The summed E-state index contributed by atoms with van der Waals surface area (Å²) in [6.45, 7) is 4.71. The predicted molar refractivity (Wildman–Crippen MR) is 116 cm³/mol. The molecule has 0 bridgehead atoms. The maximum atomic E-state index is 12.6. The molecule has 0 aliphatic carbocycles. The summed E-state index contributed by atoms with van der Waals surface area (Å²) >= 11 is 0. The Labute approximate surface area is 182 Å². The van der Waals surface area contributed by atoms with Gasteiger partial charge >= 0.3 is 5.97 Å². The summed E-state index contributed by atoms with van der Waals surface area (Å²) in [5.41, 5.74) is 0.642. The third-order valence-corrected chi connectivity index (χ3v) is 6.80. The molecular weight excluding hydrogens is 420 g/mol. The van der Waals surface area contributed by atoms with Crippen LogP contribution in [0.3, 0.4) is 0 Å². The molecule has 3 rings (SSSR count). The first kappa shape index (κ1) is 22.8. The number of sulfonamides is 1. The third kappa shape index (κ3) is 5.42. The Morgan fingerprint density at radius 1 is 1.06 bits per heavy atom. The highest BCUT2D eigenvalue weighted by molar-refractivity contribution is 7.89. The van der Waals surface area contributed by atoms with Crippen molar-refractivity contribution in [2.45, 2.75) is 37.7 Å². The van der Waals surface area contributed by atoms with Crippen molar-refractivity contribution in [1.29, 1.82) is 0 Å². The van der Waals surface area contributed by atoms with E-state index < -0.39 is 28.0 Å². The van der Waals surface area contributed by atoms with E-state index in [-0.39, 0.29) is 10.5 Å². The summed E-state index contributed by atoms with van der Waals surface area (Å²) in [5.74, 6) is -0.812. The average Bonchev–Trinajstić information content (AvgIpc) is 3.30. The van der Waals surface area contributed by atoms with E-state index in [0.29, 0.717) is 31.1 Å². The zero-order valence-corrected chi connectivity index (χ0v) is 18.4. The van der Waals surface area contributed by atoms with Crippen LogP contribution in [0, 0.1) is 0 Å². The Morgan fingerprint density at radius 2 is 1.71 bits per heavy atom. The minimum absolute atomic E-state index is 0.180. The minimum Gasteiger partial charge on any atom is -0.493 e. The van der Waals surface area contributed by atoms with Gasteiger partial charge < -0.3 is 14.8 Å². The Kier molecular flexibility index (Phi) is 7.29. The standard InChI is InChI=1S/C22H26N2O6S/c1-3-29-20-9-5-4-8-19(20)22(26)30-16(2)21(25)23-17-10-12-18(13-11-17)31(27,28)24-14-6-7-15-24/h4-5,8-13,16H,3,6-7,14-15H2,1-2H3,(H,23,25)/t16-/m0/s1. The van der Waals surface area contributed by atoms with Crippen molar-refractivity contribution in [3.8, 4) is 5.75 Å². The van der Waals surface area contributed by atoms with E-state index in [1.54, 1.807) is 31.2 Å². The summed E-state index contributed by atoms with van der Waals surface area (Å²) < 4.78 is 37.3. The van der Waals surface area contributed by atoms with E-state index in [1.807, 2.05) is 0 Å². The number of carbonyl (C=O) groups excluding carboxylic acids is 2. The van der Waals surface area contributed by atoms with Crippen molar-refractivity contribution in [2.24, 2.45) is 0 Å². The number of carbonyl (C=O) groups is 2. The van der Waals surface area contributed by atoms with Gasteiger partial charge in [0, 0.05) is 18.8 Å². The predicted octanol–water partition coefficient (Wildman–Crippen LogP) is 3.05. The largest absolute Gasteiger partial charge is 0.493 e. The number of ether oxygens (including phenoxy) is 2. The van der Waals surface area contributed by atoms with E-state index in [2.05, 4.69) is 5.32 Å². The topological polar surface area (TPSA) is 102 Å². The van der Waals surface area contributed by atoms with Crippen LogP contribution in [-0.2, 0) is 19.6 Å². The van der Waals surface area contributed by atoms with Crippen molar-refractivity contribution >= 4 is 27.6 Å². The van der Waals surface area contributed by atoms with Crippen molar-refractivity contribution in [2.75, 3.05) is 25.0 Å². The number of hydrogen-bond acceptors (Lipinski definition) is 6. The second-order valence-electron chi connectivity index (χ2n) is 7.10. The van der Waals surface area contributed by atoms with Gasteiger partial charge in [-0.05, 0) is 63.1 Å². The molecule has 1 aliphatic rings. The van der Waals surface area contributed by atoms with Gasteiger partial charge in [-0.2, -0.15) is 4.31 Å². The highest BCUT2D eigenvalue weighted by atomic mass is 32.2. The van der Waals surface area contributed by atoms with Gasteiger partial charge in [0.25, 0.3) is 5.91 Å². The molecular formula is C22H26N2O6S. The molecule has 0 unspecified atom stereocenters. The van der Waals surface area contributed by atoms with Crippen LogP contribution in [0.1, 0.15) is 37.0 Å². The first-order valence-corrected chi connectivity index (χ1v) is 11.6. The van der Waals surface area contributed by atoms with Gasteiger partial charge in [-0.3, -0.25) is 4.79 Å². The highest BCUT2D eigenvalue weighted by Crippen LogP contribution is 2.23. The monoisotopic (exact) mass is 446 g/mol. The van der Waals surface area contributed by atoms with Crippen LogP contribution in [0.5, 0.6) is 5.75 Å². The van der Waals surface area contributed by atoms with E-state index >= 15 is 0 Å². The number of nitrogens with zero attached hydrogens (tertiary/aromatic N) is 1. The van der Waals surface area contributed by atoms with Crippen molar-refractivity contribution in [3.63, 3.8) is 0 Å². The Balaban J connectivity index is 1.61. The number of para-hydroxylation sites is 1. The molecule has 1 N–H and O–H groups in total. The lowest BCUT2D eigenvalue weighted by Gasteiger charge is -2.17. The van der Waals surface area contributed by atoms with E-state index in [1.165, 1.54) is 35.5 Å². The third-order valence-electron chi connectivity index (χ3n) is 4.88. The molecule has 0 radical (unpaired) electrons. The normalized spacial score (nSPS) is 15.3. The molecule has 2 aromatic rings. The zero-order chi connectivity index (χ0) is 22.4. The number of benzene rings is 2. The summed E-state index contributed by atoms with van der Waals surface area (Å²) in [6.07, 6.45) is 0.660. The molecule has 1 fully saturated rings. The molecule has 0 aromatic heterocycles. The lowest BCUT2D eigenvalue weighted by Crippen LogP contribution is -2.30. The van der Waals surface area contributed by atoms with Crippen LogP contribution < -0.4 is 10.1 Å². The molecule has 8 nitrogen and oxygen atoms in total. The molecule has 1 heterocycles. The lowest BCUT2D eigenvalue weighted by molar-refractivity contribution is -0.123. The number of esters is 1. The summed E-state index contributed by atoms with van der Waals surface area (Å²) in [6, 6.07) is 12.6. The second kappa shape index (κ2) is 9.93. The quantitative estimate of drug-likeness (QED) is 0.626.